The van der Waals surface area contributed by atoms with Gasteiger partial charge in [-0.05, 0) is 0 Å². The molecule has 0 fully saturated rings. The summed E-state index contributed by atoms with van der Waals surface area (Å²) in [6, 6.07) is 6.33. The first-order chi connectivity index (χ1) is 13.0. The zero-order chi connectivity index (χ0) is 20.0. The maximum absolute atomic E-state index is 11.2. The molecule has 0 N–H and O–H groups in total. The minimum absolute atomic E-state index is 0.272. The third-order valence-corrected chi connectivity index (χ3v) is 3.55. The molecule has 0 amide bonds. The average Bonchev–Trinajstić information content (AvgIpc) is 2.67. The molecular weight excluding hydrogens is 356 g/mol. The van der Waals surface area contributed by atoms with Crippen molar-refractivity contribution < 1.29 is 38.0 Å². The van der Waals surface area contributed by atoms with Crippen LogP contribution < -0.4 is 33.2 Å². The fraction of sp³-hybridized carbons (Fsp3) is 0.316. The van der Waals surface area contributed by atoms with Crippen molar-refractivity contribution in [3.05, 3.63) is 24.3 Å². The molecule has 0 aliphatic carbocycles. The molecule has 0 saturated carbocycles. The summed E-state index contributed by atoms with van der Waals surface area (Å²) in [4.78, 5) is 11.2. The van der Waals surface area contributed by atoms with Crippen LogP contribution in [0.1, 0.15) is 6.92 Å². The molecule has 0 saturated heterocycles. The normalized spacial score (nSPS) is 10.0. The predicted octanol–water partition coefficient (Wildman–Crippen LogP) is 3.45. The van der Waals surface area contributed by atoms with Crippen LogP contribution in [-0.2, 0) is 4.79 Å². The molecule has 0 aromatic heterocycles. The van der Waals surface area contributed by atoms with Crippen molar-refractivity contribution in [1.82, 2.24) is 0 Å². The Kier molecular flexibility index (Phi) is 6.59. The lowest BCUT2D eigenvalue weighted by atomic mass is 10.2. The van der Waals surface area contributed by atoms with Crippen LogP contribution in [-0.4, -0.2) is 41.5 Å². The minimum Gasteiger partial charge on any atom is -0.493 e. The molecule has 0 atom stereocenters. The average molecular weight is 378 g/mol. The summed E-state index contributed by atoms with van der Waals surface area (Å²) in [6.45, 7) is 1.30. The number of carbonyl (C=O) groups is 1. The van der Waals surface area contributed by atoms with E-state index in [9.17, 15) is 4.79 Å². The molecule has 0 radical (unpaired) electrons. The lowest BCUT2D eigenvalue weighted by molar-refractivity contribution is -0.131. The summed E-state index contributed by atoms with van der Waals surface area (Å²) in [5, 5.41) is 0. The van der Waals surface area contributed by atoms with Gasteiger partial charge >= 0.3 is 5.97 Å². The van der Waals surface area contributed by atoms with E-state index < -0.39 is 5.97 Å². The van der Waals surface area contributed by atoms with E-state index in [-0.39, 0.29) is 5.75 Å². The van der Waals surface area contributed by atoms with Crippen LogP contribution in [0.25, 0.3) is 0 Å². The maximum atomic E-state index is 11.2. The lowest BCUT2D eigenvalue weighted by Crippen LogP contribution is -2.03. The molecule has 146 valence electrons. The minimum atomic E-state index is -0.461. The molecule has 0 unspecified atom stereocenters. The SMILES string of the molecule is COc1cc(Oc2c(OC)cc(OC(C)=O)cc2OC)cc(OC)c1OC. The van der Waals surface area contributed by atoms with E-state index >= 15 is 0 Å². The molecule has 0 heterocycles. The van der Waals surface area contributed by atoms with Crippen LogP contribution in [0.3, 0.4) is 0 Å². The van der Waals surface area contributed by atoms with Crippen LogP contribution in [0.5, 0.6) is 46.0 Å². The van der Waals surface area contributed by atoms with E-state index in [4.69, 9.17) is 33.2 Å². The molecule has 0 spiro atoms. The summed E-state index contributed by atoms with van der Waals surface area (Å²) in [7, 11) is 7.47. The highest BCUT2D eigenvalue weighted by molar-refractivity contribution is 5.70. The second-order valence-corrected chi connectivity index (χ2v) is 5.21. The zero-order valence-electron chi connectivity index (χ0n) is 16.1. The number of benzene rings is 2. The van der Waals surface area contributed by atoms with Crippen molar-refractivity contribution in [2.75, 3.05) is 35.5 Å². The van der Waals surface area contributed by atoms with E-state index in [1.807, 2.05) is 0 Å². The quantitative estimate of drug-likeness (QED) is 0.510. The molecule has 2 aromatic carbocycles. The van der Waals surface area contributed by atoms with Gasteiger partial charge in [0.25, 0.3) is 0 Å². The molecule has 0 aliphatic rings. The van der Waals surface area contributed by atoms with E-state index in [1.165, 1.54) is 54.6 Å². The number of methoxy groups -OCH3 is 5. The Bertz CT molecular complexity index is 765. The molecule has 8 nitrogen and oxygen atoms in total. The van der Waals surface area contributed by atoms with E-state index in [1.54, 1.807) is 12.1 Å². The van der Waals surface area contributed by atoms with Gasteiger partial charge in [0.2, 0.25) is 11.5 Å². The zero-order valence-corrected chi connectivity index (χ0v) is 16.1. The van der Waals surface area contributed by atoms with Crippen LogP contribution in [0.15, 0.2) is 24.3 Å². The highest BCUT2D eigenvalue weighted by Gasteiger charge is 2.20. The second kappa shape index (κ2) is 8.88. The molecule has 8 heteroatoms. The van der Waals surface area contributed by atoms with Crippen molar-refractivity contribution in [3.8, 4) is 46.0 Å². The Labute approximate surface area is 157 Å². The van der Waals surface area contributed by atoms with Crippen LogP contribution in [0, 0.1) is 0 Å². The number of esters is 1. The van der Waals surface area contributed by atoms with Gasteiger partial charge in [-0.15, -0.1) is 0 Å². The van der Waals surface area contributed by atoms with Gasteiger partial charge in [0.15, 0.2) is 23.0 Å². The molecule has 27 heavy (non-hydrogen) atoms. The lowest BCUT2D eigenvalue weighted by Gasteiger charge is -2.18. The Morgan fingerprint density at radius 3 is 1.41 bits per heavy atom. The fourth-order valence-corrected chi connectivity index (χ4v) is 2.42. The van der Waals surface area contributed by atoms with Crippen molar-refractivity contribution in [2.24, 2.45) is 0 Å². The highest BCUT2D eigenvalue weighted by Crippen LogP contribution is 2.47. The highest BCUT2D eigenvalue weighted by atomic mass is 16.6. The number of rotatable bonds is 8. The third-order valence-electron chi connectivity index (χ3n) is 3.55. The molecule has 2 rings (SSSR count). The van der Waals surface area contributed by atoms with E-state index in [0.717, 1.165) is 0 Å². The van der Waals surface area contributed by atoms with Gasteiger partial charge in [0.05, 0.1) is 35.5 Å². The largest absolute Gasteiger partial charge is 0.493 e. The maximum Gasteiger partial charge on any atom is 0.308 e. The van der Waals surface area contributed by atoms with Crippen LogP contribution in [0.2, 0.25) is 0 Å². The van der Waals surface area contributed by atoms with Gasteiger partial charge in [-0.2, -0.15) is 0 Å². The summed E-state index contributed by atoms with van der Waals surface area (Å²) in [5.74, 6) is 2.45. The molecular formula is C19H22O8. The number of carbonyl (C=O) groups excluding carboxylic acids is 1. The van der Waals surface area contributed by atoms with Crippen LogP contribution >= 0.6 is 0 Å². The van der Waals surface area contributed by atoms with Gasteiger partial charge in [0, 0.05) is 31.2 Å². The summed E-state index contributed by atoms with van der Waals surface area (Å²) >= 11 is 0. The first-order valence-electron chi connectivity index (χ1n) is 7.89. The first kappa shape index (κ1) is 20.0. The summed E-state index contributed by atoms with van der Waals surface area (Å²) in [5.41, 5.74) is 0. The standard InChI is InChI=1S/C19H22O8/c1-11(20)26-12-7-16(23-4)19(17(8-12)24-5)27-13-9-14(21-2)18(25-6)15(10-13)22-3/h7-10H,1-6H3. The van der Waals surface area contributed by atoms with Gasteiger partial charge < -0.3 is 33.2 Å². The molecule has 2 aromatic rings. The number of hydrogen-bond acceptors (Lipinski definition) is 8. The molecule has 0 bridgehead atoms. The Balaban J connectivity index is 2.51. The monoisotopic (exact) mass is 378 g/mol. The second-order valence-electron chi connectivity index (χ2n) is 5.21. The number of hydrogen-bond donors (Lipinski definition) is 0. The van der Waals surface area contributed by atoms with Crippen molar-refractivity contribution >= 4 is 5.97 Å². The first-order valence-corrected chi connectivity index (χ1v) is 7.89. The van der Waals surface area contributed by atoms with Crippen molar-refractivity contribution in [2.45, 2.75) is 6.92 Å². The van der Waals surface area contributed by atoms with Gasteiger partial charge in [0.1, 0.15) is 11.5 Å². The smallest absolute Gasteiger partial charge is 0.308 e. The van der Waals surface area contributed by atoms with E-state index in [0.29, 0.717) is 40.2 Å². The Morgan fingerprint density at radius 1 is 0.630 bits per heavy atom. The number of ether oxygens (including phenoxy) is 7. The molecule has 0 aliphatic heterocycles. The van der Waals surface area contributed by atoms with E-state index in [2.05, 4.69) is 0 Å². The Hall–Kier alpha value is -3.29. The summed E-state index contributed by atoms with van der Waals surface area (Å²) in [6.07, 6.45) is 0. The predicted molar refractivity (Wildman–Crippen MR) is 97.0 cm³/mol. The topological polar surface area (TPSA) is 81.7 Å². The Morgan fingerprint density at radius 2 is 1.04 bits per heavy atom. The third kappa shape index (κ3) is 4.46. The van der Waals surface area contributed by atoms with Crippen LogP contribution in [0.4, 0.5) is 0 Å². The van der Waals surface area contributed by atoms with Gasteiger partial charge in [-0.3, -0.25) is 4.79 Å². The van der Waals surface area contributed by atoms with Gasteiger partial charge in [-0.25, -0.2) is 0 Å². The fourth-order valence-electron chi connectivity index (χ4n) is 2.42. The van der Waals surface area contributed by atoms with Crippen molar-refractivity contribution in [1.29, 1.82) is 0 Å². The van der Waals surface area contributed by atoms with Crippen molar-refractivity contribution in [3.63, 3.8) is 0 Å². The summed E-state index contributed by atoms with van der Waals surface area (Å²) < 4.78 is 37.7. The van der Waals surface area contributed by atoms with Gasteiger partial charge in [-0.1, -0.05) is 0 Å².